The molecule has 2 heterocycles. The zero-order chi connectivity index (χ0) is 13.0. The average molecular weight is 266 g/mol. The topological polar surface area (TPSA) is 56.5 Å². The Balaban J connectivity index is 2.49. The van der Waals surface area contributed by atoms with Crippen molar-refractivity contribution in [3.05, 3.63) is 23.2 Å². The van der Waals surface area contributed by atoms with Crippen molar-refractivity contribution in [1.82, 2.24) is 25.0 Å². The van der Waals surface area contributed by atoms with Gasteiger partial charge >= 0.3 is 0 Å². The molecule has 18 heavy (non-hydrogen) atoms. The fourth-order valence-corrected chi connectivity index (χ4v) is 2.13. The molecule has 2 aromatic heterocycles. The lowest BCUT2D eigenvalue weighted by molar-refractivity contribution is 0.583. The van der Waals surface area contributed by atoms with Crippen LogP contribution in [0.15, 0.2) is 12.5 Å². The van der Waals surface area contributed by atoms with E-state index in [0.29, 0.717) is 5.15 Å². The summed E-state index contributed by atoms with van der Waals surface area (Å²) in [7, 11) is 0. The monoisotopic (exact) mass is 265 g/mol. The molecule has 0 aliphatic carbocycles. The molecule has 2 rings (SSSR count). The average Bonchev–Trinajstić information content (AvgIpc) is 2.81. The Morgan fingerprint density at radius 3 is 2.78 bits per heavy atom. The first-order valence-electron chi connectivity index (χ1n) is 6.16. The molecule has 0 amide bonds. The van der Waals surface area contributed by atoms with Crippen molar-refractivity contribution >= 4 is 11.6 Å². The van der Waals surface area contributed by atoms with Crippen LogP contribution in [0.2, 0.25) is 5.15 Å². The molecule has 0 fully saturated rings. The zero-order valence-electron chi connectivity index (χ0n) is 10.6. The van der Waals surface area contributed by atoms with Crippen molar-refractivity contribution in [1.29, 1.82) is 0 Å². The van der Waals surface area contributed by atoms with E-state index in [1.165, 1.54) is 6.33 Å². The molecule has 0 aromatic carbocycles. The Morgan fingerprint density at radius 2 is 2.06 bits per heavy atom. The van der Waals surface area contributed by atoms with Gasteiger partial charge in [0.15, 0.2) is 0 Å². The maximum absolute atomic E-state index is 6.15. The molecule has 96 valence electrons. The summed E-state index contributed by atoms with van der Waals surface area (Å²) in [5.41, 5.74) is 2.72. The van der Waals surface area contributed by atoms with Crippen LogP contribution in [0.25, 0.3) is 11.4 Å². The van der Waals surface area contributed by atoms with Gasteiger partial charge in [0.25, 0.3) is 0 Å². The van der Waals surface area contributed by atoms with E-state index in [2.05, 4.69) is 34.1 Å². The maximum Gasteiger partial charge on any atom is 0.136 e. The molecule has 0 radical (unpaired) electrons. The third-order valence-corrected chi connectivity index (χ3v) is 3.01. The van der Waals surface area contributed by atoms with Gasteiger partial charge in [0.1, 0.15) is 17.2 Å². The fourth-order valence-electron chi connectivity index (χ4n) is 1.90. The van der Waals surface area contributed by atoms with Crippen molar-refractivity contribution in [3.8, 4) is 11.4 Å². The van der Waals surface area contributed by atoms with Crippen molar-refractivity contribution in [3.63, 3.8) is 0 Å². The molecule has 0 unspecified atom stereocenters. The molecule has 0 spiro atoms. The number of hydrogen-bond donors (Lipinski definition) is 0. The highest BCUT2D eigenvalue weighted by molar-refractivity contribution is 6.30. The summed E-state index contributed by atoms with van der Waals surface area (Å²) >= 11 is 6.15. The minimum atomic E-state index is 0.520. The minimum absolute atomic E-state index is 0.520. The van der Waals surface area contributed by atoms with Gasteiger partial charge in [0, 0.05) is 12.1 Å². The summed E-state index contributed by atoms with van der Waals surface area (Å²) in [6, 6.07) is 0. The van der Waals surface area contributed by atoms with Crippen LogP contribution in [-0.4, -0.2) is 25.0 Å². The van der Waals surface area contributed by atoms with Gasteiger partial charge in [0.05, 0.1) is 11.9 Å². The molecule has 2 aromatic rings. The Hall–Kier alpha value is -1.49. The van der Waals surface area contributed by atoms with Crippen LogP contribution in [0.1, 0.15) is 32.3 Å². The second-order valence-electron chi connectivity index (χ2n) is 4.08. The highest BCUT2D eigenvalue weighted by Crippen LogP contribution is 2.26. The largest absolute Gasteiger partial charge is 0.243 e. The third-order valence-electron chi connectivity index (χ3n) is 2.69. The lowest BCUT2D eigenvalue weighted by atomic mass is 10.1. The van der Waals surface area contributed by atoms with E-state index in [1.54, 1.807) is 6.20 Å². The number of nitrogens with zero attached hydrogens (tertiary/aromatic N) is 5. The first-order valence-corrected chi connectivity index (χ1v) is 6.54. The molecule has 5 nitrogen and oxygen atoms in total. The standard InChI is InChI=1S/C12H16ClN5/c1-3-5-9-11(14-8-15-12(9)13)10-7-16-17-18(10)6-4-2/h7-8H,3-6H2,1-2H3. The zero-order valence-corrected chi connectivity index (χ0v) is 11.4. The third kappa shape index (κ3) is 2.51. The van der Waals surface area contributed by atoms with Gasteiger partial charge in [-0.25, -0.2) is 14.6 Å². The van der Waals surface area contributed by atoms with E-state index in [1.807, 2.05) is 4.68 Å². The smallest absolute Gasteiger partial charge is 0.136 e. The normalized spacial score (nSPS) is 10.8. The number of hydrogen-bond acceptors (Lipinski definition) is 4. The minimum Gasteiger partial charge on any atom is -0.243 e. The lowest BCUT2D eigenvalue weighted by Crippen LogP contribution is -2.05. The van der Waals surface area contributed by atoms with Gasteiger partial charge in [-0.15, -0.1) is 5.10 Å². The van der Waals surface area contributed by atoms with Crippen LogP contribution in [-0.2, 0) is 13.0 Å². The molecule has 0 atom stereocenters. The van der Waals surface area contributed by atoms with E-state index in [4.69, 9.17) is 11.6 Å². The molecule has 0 aliphatic heterocycles. The lowest BCUT2D eigenvalue weighted by Gasteiger charge is -2.09. The van der Waals surface area contributed by atoms with Gasteiger partial charge in [-0.3, -0.25) is 0 Å². The predicted octanol–water partition coefficient (Wildman–Crippen LogP) is 2.75. The van der Waals surface area contributed by atoms with Crippen LogP contribution in [0, 0.1) is 0 Å². The Morgan fingerprint density at radius 1 is 1.22 bits per heavy atom. The summed E-state index contributed by atoms with van der Waals surface area (Å²) in [5, 5.41) is 8.55. The highest BCUT2D eigenvalue weighted by atomic mass is 35.5. The molecule has 6 heteroatoms. The first kappa shape index (κ1) is 13.0. The van der Waals surface area contributed by atoms with Crippen LogP contribution < -0.4 is 0 Å². The second-order valence-corrected chi connectivity index (χ2v) is 4.44. The summed E-state index contributed by atoms with van der Waals surface area (Å²) < 4.78 is 1.86. The number of rotatable bonds is 5. The molecule has 0 bridgehead atoms. The number of aryl methyl sites for hydroxylation is 1. The summed E-state index contributed by atoms with van der Waals surface area (Å²) in [6.45, 7) is 5.03. The van der Waals surface area contributed by atoms with Gasteiger partial charge in [-0.1, -0.05) is 37.1 Å². The van der Waals surface area contributed by atoms with Gasteiger partial charge in [0.2, 0.25) is 0 Å². The van der Waals surface area contributed by atoms with E-state index in [-0.39, 0.29) is 0 Å². The summed E-state index contributed by atoms with van der Waals surface area (Å²) in [6.07, 6.45) is 6.06. The highest BCUT2D eigenvalue weighted by Gasteiger charge is 2.15. The van der Waals surface area contributed by atoms with Crippen molar-refractivity contribution in [2.45, 2.75) is 39.7 Å². The number of halogens is 1. The molecule has 0 aliphatic rings. The molecule has 0 N–H and O–H groups in total. The predicted molar refractivity (Wildman–Crippen MR) is 70.3 cm³/mol. The molecular formula is C12H16ClN5. The van der Waals surface area contributed by atoms with Gasteiger partial charge in [-0.2, -0.15) is 0 Å². The summed E-state index contributed by atoms with van der Waals surface area (Å²) in [4.78, 5) is 8.40. The number of aromatic nitrogens is 5. The Kier molecular flexibility index (Phi) is 4.25. The van der Waals surface area contributed by atoms with Crippen molar-refractivity contribution in [2.75, 3.05) is 0 Å². The SMILES string of the molecule is CCCc1c(Cl)ncnc1-c1cnnn1CCC. The van der Waals surface area contributed by atoms with Crippen molar-refractivity contribution < 1.29 is 0 Å². The second kappa shape index (κ2) is 5.91. The van der Waals surface area contributed by atoms with Crippen LogP contribution in [0.3, 0.4) is 0 Å². The Labute approximate surface area is 111 Å². The first-order chi connectivity index (χ1) is 8.77. The van der Waals surface area contributed by atoms with Crippen LogP contribution >= 0.6 is 11.6 Å². The van der Waals surface area contributed by atoms with Crippen LogP contribution in [0.4, 0.5) is 0 Å². The molecule has 0 saturated carbocycles. The quantitative estimate of drug-likeness (QED) is 0.780. The van der Waals surface area contributed by atoms with E-state index in [0.717, 1.165) is 42.8 Å². The maximum atomic E-state index is 6.15. The van der Waals surface area contributed by atoms with E-state index in [9.17, 15) is 0 Å². The molecular weight excluding hydrogens is 250 g/mol. The van der Waals surface area contributed by atoms with Gasteiger partial charge in [-0.05, 0) is 12.8 Å². The van der Waals surface area contributed by atoms with Crippen molar-refractivity contribution in [2.24, 2.45) is 0 Å². The van der Waals surface area contributed by atoms with Crippen LogP contribution in [0.5, 0.6) is 0 Å². The van der Waals surface area contributed by atoms with E-state index < -0.39 is 0 Å². The Bertz CT molecular complexity index is 523. The van der Waals surface area contributed by atoms with Gasteiger partial charge < -0.3 is 0 Å². The summed E-state index contributed by atoms with van der Waals surface area (Å²) in [5.74, 6) is 0. The van der Waals surface area contributed by atoms with E-state index >= 15 is 0 Å². The molecule has 0 saturated heterocycles. The fraction of sp³-hybridized carbons (Fsp3) is 0.500.